The van der Waals surface area contributed by atoms with E-state index >= 15 is 0 Å². The summed E-state index contributed by atoms with van der Waals surface area (Å²) in [7, 11) is 0. The number of aliphatic hydroxyl groups is 1. The highest BCUT2D eigenvalue weighted by Crippen LogP contribution is 2.44. The lowest BCUT2D eigenvalue weighted by Crippen LogP contribution is -2.53. The third-order valence-corrected chi connectivity index (χ3v) is 6.65. The van der Waals surface area contributed by atoms with Gasteiger partial charge in [0.15, 0.2) is 11.5 Å². The molecule has 2 saturated heterocycles. The average molecular weight is 428 g/mol. The first-order valence-electron chi connectivity index (χ1n) is 11.0. The number of hydrogen-bond donors (Lipinski definition) is 1. The summed E-state index contributed by atoms with van der Waals surface area (Å²) in [5, 5.41) is 15.7. The Labute approximate surface area is 181 Å². The summed E-state index contributed by atoms with van der Waals surface area (Å²) >= 11 is 0. The summed E-state index contributed by atoms with van der Waals surface area (Å²) in [6, 6.07) is 7.66. The topological polar surface area (TPSA) is 86.1 Å². The summed E-state index contributed by atoms with van der Waals surface area (Å²) in [4.78, 5) is 14.7. The summed E-state index contributed by atoms with van der Waals surface area (Å²) in [5.74, 6) is 2.30. The minimum absolute atomic E-state index is 0.171. The monoisotopic (exact) mass is 427 g/mol. The van der Waals surface area contributed by atoms with Gasteiger partial charge in [-0.3, -0.25) is 9.69 Å². The van der Waals surface area contributed by atoms with Gasteiger partial charge in [0.1, 0.15) is 5.75 Å². The number of nitrogens with zero attached hydrogens (tertiary/aromatic N) is 3. The molecule has 166 valence electrons. The molecule has 31 heavy (non-hydrogen) atoms. The molecule has 0 saturated carbocycles. The Morgan fingerprint density at radius 3 is 2.61 bits per heavy atom. The second kappa shape index (κ2) is 7.84. The molecule has 1 unspecified atom stereocenters. The molecule has 0 spiro atoms. The standard InChI is InChI=1S/C23H29N3O5/c1-3-29-19-9-21-20(30-14-31-21)8-16(19)12-25-17-5-6-18(25)11-23(28,10-17)13-26-22(27)7-4-15(2)24-26/h4,7-9,17-18,28H,3,5-6,10-14H2,1-2H3/t17-,18+,23?. The smallest absolute Gasteiger partial charge is 0.266 e. The molecule has 0 aliphatic carbocycles. The fraction of sp³-hybridized carbons (Fsp3) is 0.565. The third kappa shape index (κ3) is 3.90. The summed E-state index contributed by atoms with van der Waals surface area (Å²) in [6.07, 6.45) is 3.33. The maximum absolute atomic E-state index is 12.2. The van der Waals surface area contributed by atoms with Gasteiger partial charge in [0.25, 0.3) is 5.56 Å². The van der Waals surface area contributed by atoms with Crippen molar-refractivity contribution in [1.82, 2.24) is 14.7 Å². The molecule has 2 fully saturated rings. The van der Waals surface area contributed by atoms with Gasteiger partial charge >= 0.3 is 0 Å². The largest absolute Gasteiger partial charge is 0.493 e. The predicted molar refractivity (Wildman–Crippen MR) is 114 cm³/mol. The lowest BCUT2D eigenvalue weighted by atomic mass is 9.85. The van der Waals surface area contributed by atoms with E-state index in [4.69, 9.17) is 14.2 Å². The molecule has 3 aliphatic heterocycles. The first-order valence-corrected chi connectivity index (χ1v) is 11.0. The number of aryl methyl sites for hydroxylation is 1. The molecule has 3 atom stereocenters. The molecule has 1 N–H and O–H groups in total. The van der Waals surface area contributed by atoms with E-state index in [2.05, 4.69) is 10.00 Å². The quantitative estimate of drug-likeness (QED) is 0.757. The first kappa shape index (κ1) is 20.3. The lowest BCUT2D eigenvalue weighted by molar-refractivity contribution is -0.0679. The fourth-order valence-corrected chi connectivity index (χ4v) is 5.32. The van der Waals surface area contributed by atoms with Crippen molar-refractivity contribution in [2.24, 2.45) is 0 Å². The highest BCUT2D eigenvalue weighted by atomic mass is 16.7. The molecule has 4 heterocycles. The maximum Gasteiger partial charge on any atom is 0.266 e. The lowest BCUT2D eigenvalue weighted by Gasteiger charge is -2.44. The summed E-state index contributed by atoms with van der Waals surface area (Å²) in [6.45, 7) is 5.62. The van der Waals surface area contributed by atoms with Gasteiger partial charge in [-0.25, -0.2) is 4.68 Å². The zero-order valence-corrected chi connectivity index (χ0v) is 18.0. The van der Waals surface area contributed by atoms with Crippen LogP contribution in [-0.2, 0) is 13.1 Å². The van der Waals surface area contributed by atoms with E-state index in [9.17, 15) is 9.90 Å². The minimum Gasteiger partial charge on any atom is -0.493 e. The Kier molecular flexibility index (Phi) is 5.14. The Bertz CT molecular complexity index is 1020. The van der Waals surface area contributed by atoms with E-state index < -0.39 is 5.60 Å². The first-order chi connectivity index (χ1) is 14.9. The van der Waals surface area contributed by atoms with E-state index in [1.54, 1.807) is 6.07 Å². The summed E-state index contributed by atoms with van der Waals surface area (Å²) in [5.41, 5.74) is 0.750. The van der Waals surface area contributed by atoms with Crippen molar-refractivity contribution in [2.45, 2.75) is 70.3 Å². The Morgan fingerprint density at radius 1 is 1.19 bits per heavy atom. The second-order valence-corrected chi connectivity index (χ2v) is 8.91. The molecule has 0 amide bonds. The number of aromatic nitrogens is 2. The molecular weight excluding hydrogens is 398 g/mol. The van der Waals surface area contributed by atoms with Crippen LogP contribution >= 0.6 is 0 Å². The molecule has 0 radical (unpaired) electrons. The summed E-state index contributed by atoms with van der Waals surface area (Å²) < 4.78 is 18.4. The van der Waals surface area contributed by atoms with Gasteiger partial charge in [-0.2, -0.15) is 5.10 Å². The van der Waals surface area contributed by atoms with Crippen molar-refractivity contribution in [3.05, 3.63) is 45.9 Å². The fourth-order valence-electron chi connectivity index (χ4n) is 5.32. The van der Waals surface area contributed by atoms with Crippen molar-refractivity contribution in [1.29, 1.82) is 0 Å². The normalized spacial score (nSPS) is 26.9. The van der Waals surface area contributed by atoms with E-state index in [1.807, 2.05) is 26.0 Å². The van der Waals surface area contributed by atoms with Crippen LogP contribution in [0.3, 0.4) is 0 Å². The van der Waals surface area contributed by atoms with Crippen molar-refractivity contribution in [3.63, 3.8) is 0 Å². The van der Waals surface area contributed by atoms with Crippen LogP contribution in [0.2, 0.25) is 0 Å². The van der Waals surface area contributed by atoms with Gasteiger partial charge in [0, 0.05) is 36.3 Å². The van der Waals surface area contributed by atoms with Gasteiger partial charge in [0.2, 0.25) is 6.79 Å². The molecular formula is C23H29N3O5. The highest BCUT2D eigenvalue weighted by molar-refractivity contribution is 5.52. The predicted octanol–water partition coefficient (Wildman–Crippen LogP) is 2.24. The van der Waals surface area contributed by atoms with E-state index in [1.165, 1.54) is 10.7 Å². The van der Waals surface area contributed by atoms with Crippen molar-refractivity contribution >= 4 is 0 Å². The number of fused-ring (bicyclic) bond motifs is 3. The van der Waals surface area contributed by atoms with Gasteiger partial charge in [-0.05, 0) is 51.7 Å². The Balaban J connectivity index is 1.35. The van der Waals surface area contributed by atoms with Crippen molar-refractivity contribution < 1.29 is 19.3 Å². The number of ether oxygens (including phenoxy) is 3. The van der Waals surface area contributed by atoms with Crippen LogP contribution in [0.4, 0.5) is 0 Å². The van der Waals surface area contributed by atoms with E-state index in [0.29, 0.717) is 19.4 Å². The zero-order chi connectivity index (χ0) is 21.6. The minimum atomic E-state index is -0.926. The molecule has 3 aliphatic rings. The second-order valence-electron chi connectivity index (χ2n) is 8.91. The number of piperidine rings is 1. The number of benzene rings is 1. The van der Waals surface area contributed by atoms with Crippen LogP contribution in [0.5, 0.6) is 17.2 Å². The molecule has 1 aromatic heterocycles. The number of hydrogen-bond acceptors (Lipinski definition) is 7. The van der Waals surface area contributed by atoms with E-state index in [0.717, 1.165) is 47.9 Å². The van der Waals surface area contributed by atoms with Crippen molar-refractivity contribution in [2.75, 3.05) is 13.4 Å². The van der Waals surface area contributed by atoms with E-state index in [-0.39, 0.29) is 31.0 Å². The van der Waals surface area contributed by atoms with Crippen LogP contribution in [0.1, 0.15) is 43.9 Å². The zero-order valence-electron chi connectivity index (χ0n) is 18.0. The van der Waals surface area contributed by atoms with Crippen LogP contribution in [-0.4, -0.2) is 50.9 Å². The SMILES string of the molecule is CCOc1cc2c(cc1CN1[C@@H]3CC[C@H]1CC(O)(Cn1nc(C)ccc1=O)C3)OCO2. The Hall–Kier alpha value is -2.58. The van der Waals surface area contributed by atoms with Gasteiger partial charge in [0.05, 0.1) is 24.4 Å². The van der Waals surface area contributed by atoms with Gasteiger partial charge in [-0.1, -0.05) is 0 Å². The molecule has 8 heteroatoms. The maximum atomic E-state index is 12.2. The van der Waals surface area contributed by atoms with Gasteiger partial charge < -0.3 is 19.3 Å². The molecule has 2 bridgehead atoms. The average Bonchev–Trinajstić information content (AvgIpc) is 3.27. The van der Waals surface area contributed by atoms with Crippen LogP contribution in [0.15, 0.2) is 29.1 Å². The Morgan fingerprint density at radius 2 is 1.90 bits per heavy atom. The molecule has 1 aromatic carbocycles. The number of rotatable bonds is 6. The molecule has 8 nitrogen and oxygen atoms in total. The molecule has 5 rings (SSSR count). The van der Waals surface area contributed by atoms with Crippen molar-refractivity contribution in [3.8, 4) is 17.2 Å². The highest BCUT2D eigenvalue weighted by Gasteiger charge is 2.48. The van der Waals surface area contributed by atoms with Gasteiger partial charge in [-0.15, -0.1) is 0 Å². The van der Waals surface area contributed by atoms with Crippen LogP contribution in [0.25, 0.3) is 0 Å². The van der Waals surface area contributed by atoms with Crippen LogP contribution in [0, 0.1) is 6.92 Å². The molecule has 2 aromatic rings. The third-order valence-electron chi connectivity index (χ3n) is 6.65. The van der Waals surface area contributed by atoms with Crippen LogP contribution < -0.4 is 19.8 Å².